The van der Waals surface area contributed by atoms with Crippen molar-refractivity contribution in [3.63, 3.8) is 0 Å². The monoisotopic (exact) mass is 282 g/mol. The summed E-state index contributed by atoms with van der Waals surface area (Å²) in [5, 5.41) is 10.3. The molecule has 1 amide bonds. The highest BCUT2D eigenvalue weighted by atomic mass is 19.1. The zero-order valence-corrected chi connectivity index (χ0v) is 11.4. The first kappa shape index (κ1) is 14.7. The van der Waals surface area contributed by atoms with Crippen molar-refractivity contribution in [3.8, 4) is 5.75 Å². The van der Waals surface area contributed by atoms with Gasteiger partial charge in [-0.2, -0.15) is 0 Å². The Balaban J connectivity index is 2.12. The number of ether oxygens (including phenoxy) is 1. The first-order valence-corrected chi connectivity index (χ1v) is 6.55. The fourth-order valence-corrected chi connectivity index (χ4v) is 2.23. The Kier molecular flexibility index (Phi) is 4.25. The van der Waals surface area contributed by atoms with Crippen molar-refractivity contribution in [1.29, 1.82) is 0 Å². The molecule has 1 aliphatic rings. The number of halogens is 1. The van der Waals surface area contributed by atoms with Gasteiger partial charge in [0.2, 0.25) is 5.91 Å². The zero-order chi connectivity index (χ0) is 14.8. The topological polar surface area (TPSA) is 75.8 Å². The number of hydrogen-bond donors (Lipinski definition) is 2. The third kappa shape index (κ3) is 3.26. The van der Waals surface area contributed by atoms with Gasteiger partial charge in [-0.25, -0.2) is 4.39 Å². The Bertz CT molecular complexity index is 493. The van der Waals surface area contributed by atoms with E-state index in [1.54, 1.807) is 17.9 Å². The van der Waals surface area contributed by atoms with E-state index >= 15 is 0 Å². The van der Waals surface area contributed by atoms with Crippen molar-refractivity contribution < 1.29 is 19.0 Å². The lowest BCUT2D eigenvalue weighted by atomic mass is 9.90. The van der Waals surface area contributed by atoms with E-state index in [1.165, 1.54) is 18.2 Å². The van der Waals surface area contributed by atoms with Crippen LogP contribution in [-0.4, -0.2) is 47.3 Å². The molecule has 0 spiro atoms. The van der Waals surface area contributed by atoms with Crippen LogP contribution in [0.4, 0.5) is 4.39 Å². The van der Waals surface area contributed by atoms with Crippen LogP contribution in [-0.2, 0) is 4.79 Å². The molecule has 3 N–H and O–H groups in total. The van der Waals surface area contributed by atoms with Gasteiger partial charge < -0.3 is 20.5 Å². The van der Waals surface area contributed by atoms with Gasteiger partial charge in [-0.3, -0.25) is 4.79 Å². The van der Waals surface area contributed by atoms with Crippen molar-refractivity contribution >= 4 is 5.91 Å². The molecule has 2 rings (SSSR count). The van der Waals surface area contributed by atoms with Crippen LogP contribution in [0.2, 0.25) is 0 Å². The number of benzene rings is 1. The lowest BCUT2D eigenvalue weighted by Gasteiger charge is -2.42. The van der Waals surface area contributed by atoms with Crippen molar-refractivity contribution in [2.24, 2.45) is 5.73 Å². The molecule has 1 fully saturated rings. The Morgan fingerprint density at radius 1 is 1.65 bits per heavy atom. The summed E-state index contributed by atoms with van der Waals surface area (Å²) in [4.78, 5) is 13.2. The summed E-state index contributed by atoms with van der Waals surface area (Å²) in [7, 11) is 0. The molecular weight excluding hydrogens is 263 g/mol. The molecule has 0 saturated carbocycles. The van der Waals surface area contributed by atoms with Crippen molar-refractivity contribution in [2.75, 3.05) is 19.6 Å². The molecule has 1 heterocycles. The fourth-order valence-electron chi connectivity index (χ4n) is 2.23. The zero-order valence-electron chi connectivity index (χ0n) is 11.4. The van der Waals surface area contributed by atoms with E-state index < -0.39 is 17.5 Å². The molecule has 20 heavy (non-hydrogen) atoms. The molecule has 110 valence electrons. The Morgan fingerprint density at radius 3 is 3.05 bits per heavy atom. The SMILES string of the molecule is C[C@@]1(O)CCN(C(=O)CN)C[C@H]1Oc1cccc(F)c1. The van der Waals surface area contributed by atoms with Crippen LogP contribution in [0.3, 0.4) is 0 Å². The van der Waals surface area contributed by atoms with Gasteiger partial charge in [0.1, 0.15) is 23.3 Å². The lowest BCUT2D eigenvalue weighted by Crippen LogP contribution is -2.58. The van der Waals surface area contributed by atoms with Gasteiger partial charge >= 0.3 is 0 Å². The lowest BCUT2D eigenvalue weighted by molar-refractivity contribution is -0.142. The summed E-state index contributed by atoms with van der Waals surface area (Å²) in [6.45, 7) is 2.25. The predicted octanol–water partition coefficient (Wildman–Crippen LogP) is 0.515. The van der Waals surface area contributed by atoms with E-state index in [0.29, 0.717) is 18.7 Å². The maximum atomic E-state index is 13.1. The van der Waals surface area contributed by atoms with Crippen LogP contribution in [0.25, 0.3) is 0 Å². The number of hydrogen-bond acceptors (Lipinski definition) is 4. The van der Waals surface area contributed by atoms with E-state index in [-0.39, 0.29) is 19.0 Å². The first-order valence-electron chi connectivity index (χ1n) is 6.55. The molecule has 1 aromatic rings. The highest BCUT2D eigenvalue weighted by molar-refractivity contribution is 5.78. The van der Waals surface area contributed by atoms with Crippen molar-refractivity contribution in [3.05, 3.63) is 30.1 Å². The van der Waals surface area contributed by atoms with E-state index in [4.69, 9.17) is 10.5 Å². The molecule has 2 atom stereocenters. The van der Waals surface area contributed by atoms with Gasteiger partial charge in [0, 0.05) is 12.6 Å². The number of aliphatic hydroxyl groups is 1. The molecule has 0 unspecified atom stereocenters. The van der Waals surface area contributed by atoms with Crippen LogP contribution in [0.1, 0.15) is 13.3 Å². The Labute approximate surface area is 117 Å². The number of nitrogens with zero attached hydrogens (tertiary/aromatic N) is 1. The van der Waals surface area contributed by atoms with Crippen LogP contribution in [0, 0.1) is 5.82 Å². The molecule has 1 saturated heterocycles. The summed E-state index contributed by atoms with van der Waals surface area (Å²) < 4.78 is 18.8. The van der Waals surface area contributed by atoms with Gasteiger partial charge in [-0.05, 0) is 25.5 Å². The number of likely N-dealkylation sites (tertiary alicyclic amines) is 1. The molecule has 0 aliphatic carbocycles. The third-order valence-corrected chi connectivity index (χ3v) is 3.57. The van der Waals surface area contributed by atoms with Crippen LogP contribution in [0.15, 0.2) is 24.3 Å². The predicted molar refractivity (Wildman–Crippen MR) is 71.7 cm³/mol. The maximum absolute atomic E-state index is 13.1. The molecule has 1 aliphatic heterocycles. The summed E-state index contributed by atoms with van der Waals surface area (Å²) in [5.41, 5.74) is 4.27. The van der Waals surface area contributed by atoms with Gasteiger partial charge in [0.05, 0.1) is 13.1 Å². The Morgan fingerprint density at radius 2 is 2.40 bits per heavy atom. The number of rotatable bonds is 3. The van der Waals surface area contributed by atoms with Gasteiger partial charge in [-0.15, -0.1) is 0 Å². The van der Waals surface area contributed by atoms with Crippen LogP contribution in [0.5, 0.6) is 5.75 Å². The molecule has 1 aromatic carbocycles. The quantitative estimate of drug-likeness (QED) is 0.847. The van der Waals surface area contributed by atoms with Gasteiger partial charge in [0.25, 0.3) is 0 Å². The smallest absolute Gasteiger partial charge is 0.236 e. The molecule has 0 radical (unpaired) electrons. The first-order chi connectivity index (χ1) is 9.42. The molecular formula is C14H19FN2O3. The highest BCUT2D eigenvalue weighted by Gasteiger charge is 2.40. The molecule has 6 heteroatoms. The molecule has 0 aromatic heterocycles. The molecule has 0 bridgehead atoms. The van der Waals surface area contributed by atoms with Gasteiger partial charge in [-0.1, -0.05) is 6.07 Å². The second kappa shape index (κ2) is 5.76. The van der Waals surface area contributed by atoms with E-state index in [2.05, 4.69) is 0 Å². The minimum absolute atomic E-state index is 0.0746. The average molecular weight is 282 g/mol. The minimum Gasteiger partial charge on any atom is -0.485 e. The summed E-state index contributed by atoms with van der Waals surface area (Å²) >= 11 is 0. The normalized spacial score (nSPS) is 26.4. The number of carbonyl (C=O) groups is 1. The third-order valence-electron chi connectivity index (χ3n) is 3.57. The average Bonchev–Trinajstić information content (AvgIpc) is 2.40. The van der Waals surface area contributed by atoms with E-state index in [9.17, 15) is 14.3 Å². The number of nitrogens with two attached hydrogens (primary N) is 1. The standard InChI is InChI=1S/C14H19FN2O3/c1-14(19)5-6-17(13(18)8-16)9-12(14)20-11-4-2-3-10(15)7-11/h2-4,7,12,19H,5-6,8-9,16H2,1H3/t12-,14-/m1/s1. The highest BCUT2D eigenvalue weighted by Crippen LogP contribution is 2.26. The molecule has 5 nitrogen and oxygen atoms in total. The fraction of sp³-hybridized carbons (Fsp3) is 0.500. The number of piperidine rings is 1. The largest absolute Gasteiger partial charge is 0.485 e. The summed E-state index contributed by atoms with van der Waals surface area (Å²) in [6.07, 6.45) is -0.229. The second-order valence-electron chi connectivity index (χ2n) is 5.21. The number of carbonyl (C=O) groups excluding carboxylic acids is 1. The Hall–Kier alpha value is -1.66. The van der Waals surface area contributed by atoms with Crippen LogP contribution >= 0.6 is 0 Å². The maximum Gasteiger partial charge on any atom is 0.236 e. The van der Waals surface area contributed by atoms with Crippen LogP contribution < -0.4 is 10.5 Å². The van der Waals surface area contributed by atoms with E-state index in [1.807, 2.05) is 0 Å². The minimum atomic E-state index is -1.07. The summed E-state index contributed by atoms with van der Waals surface area (Å²) in [6, 6.07) is 5.71. The number of amides is 1. The van der Waals surface area contributed by atoms with E-state index in [0.717, 1.165) is 0 Å². The van der Waals surface area contributed by atoms with Crippen molar-refractivity contribution in [1.82, 2.24) is 4.90 Å². The van der Waals surface area contributed by atoms with Crippen molar-refractivity contribution in [2.45, 2.75) is 25.0 Å². The van der Waals surface area contributed by atoms with Gasteiger partial charge in [0.15, 0.2) is 0 Å². The second-order valence-corrected chi connectivity index (χ2v) is 5.21. The summed E-state index contributed by atoms with van der Waals surface area (Å²) in [5.74, 6) is -0.265.